The molecule has 162 valence electrons. The molecule has 3 rings (SSSR count). The second-order valence-corrected chi connectivity index (χ2v) is 8.17. The zero-order chi connectivity index (χ0) is 22.1. The van der Waals surface area contributed by atoms with Gasteiger partial charge in [-0.25, -0.2) is 17.2 Å². The normalized spacial score (nSPS) is 12.0. The van der Waals surface area contributed by atoms with Crippen molar-refractivity contribution in [1.29, 1.82) is 0 Å². The molecule has 1 aromatic heterocycles. The smallest absolute Gasteiger partial charge is 0.387 e. The molecule has 0 saturated heterocycles. The summed E-state index contributed by atoms with van der Waals surface area (Å²) in [5.74, 6) is -3.69. The molecule has 0 aliphatic rings. The van der Waals surface area contributed by atoms with Crippen molar-refractivity contribution in [3.05, 3.63) is 53.2 Å². The van der Waals surface area contributed by atoms with E-state index >= 15 is 0 Å². The number of benzene rings is 2. The van der Waals surface area contributed by atoms with Crippen LogP contribution < -0.4 is 9.46 Å². The molecule has 0 saturated carbocycles. The fourth-order valence-electron chi connectivity index (χ4n) is 2.81. The summed E-state index contributed by atoms with van der Waals surface area (Å²) in [6.45, 7) is -2.77. The molecule has 0 bridgehead atoms. The number of ether oxygens (including phenoxy) is 2. The highest BCUT2D eigenvalue weighted by atomic mass is 35.5. The lowest BCUT2D eigenvalue weighted by Gasteiger charge is -2.11. The number of halogens is 5. The number of hydrogen-bond donors (Lipinski definition) is 1. The summed E-state index contributed by atoms with van der Waals surface area (Å²) in [6.07, 6.45) is 1.31. The van der Waals surface area contributed by atoms with Crippen LogP contribution in [-0.4, -0.2) is 33.3 Å². The number of methoxy groups -OCH3 is 1. The van der Waals surface area contributed by atoms with Crippen molar-refractivity contribution >= 4 is 38.2 Å². The van der Waals surface area contributed by atoms with Gasteiger partial charge in [0.15, 0.2) is 17.4 Å². The molecule has 1 heterocycles. The van der Waals surface area contributed by atoms with Crippen LogP contribution in [0.25, 0.3) is 10.9 Å². The third kappa shape index (κ3) is 4.63. The Morgan fingerprint density at radius 3 is 2.57 bits per heavy atom. The summed E-state index contributed by atoms with van der Waals surface area (Å²) in [6, 6.07) is 5.28. The fourth-order valence-corrected chi connectivity index (χ4v) is 4.26. The Morgan fingerprint density at radius 2 is 1.90 bits per heavy atom. The van der Waals surface area contributed by atoms with E-state index in [-0.39, 0.29) is 11.5 Å². The molecular formula is C18H15ClF4N2O4S. The monoisotopic (exact) mass is 466 g/mol. The molecular weight excluding hydrogens is 452 g/mol. The van der Waals surface area contributed by atoms with Gasteiger partial charge in [0.1, 0.15) is 4.90 Å². The zero-order valence-corrected chi connectivity index (χ0v) is 16.9. The van der Waals surface area contributed by atoms with Crippen molar-refractivity contribution < 1.29 is 35.5 Å². The van der Waals surface area contributed by atoms with E-state index in [1.54, 1.807) is 10.6 Å². The first-order valence-electron chi connectivity index (χ1n) is 8.36. The zero-order valence-electron chi connectivity index (χ0n) is 15.3. The average Bonchev–Trinajstić information content (AvgIpc) is 3.02. The number of alkyl halides is 2. The van der Waals surface area contributed by atoms with E-state index in [0.717, 1.165) is 0 Å². The van der Waals surface area contributed by atoms with Gasteiger partial charge < -0.3 is 14.0 Å². The SMILES string of the molecule is COCCn1cc(S(=O)(=O)Nc2cc(F)c(OC(F)F)cc2F)c2ccc(Cl)cc21. The number of rotatable bonds is 8. The van der Waals surface area contributed by atoms with Crippen LogP contribution >= 0.6 is 11.6 Å². The summed E-state index contributed by atoms with van der Waals surface area (Å²) in [7, 11) is -2.90. The number of anilines is 1. The maximum absolute atomic E-state index is 14.2. The first kappa shape index (κ1) is 22.2. The van der Waals surface area contributed by atoms with E-state index in [1.807, 2.05) is 4.72 Å². The standard InChI is InChI=1S/C18H15ClF4N2O4S/c1-28-5-4-25-9-17(11-3-2-10(19)6-15(11)25)30(26,27)24-14-7-13(21)16(8-12(14)20)29-18(22)23/h2-3,6-9,18,24H,4-5H2,1H3. The molecule has 0 fully saturated rings. The summed E-state index contributed by atoms with van der Waals surface area (Å²) in [5, 5.41) is 0.667. The highest BCUT2D eigenvalue weighted by molar-refractivity contribution is 7.93. The second-order valence-electron chi connectivity index (χ2n) is 6.09. The first-order chi connectivity index (χ1) is 14.1. The molecule has 1 N–H and O–H groups in total. The summed E-state index contributed by atoms with van der Waals surface area (Å²) in [4.78, 5) is -0.210. The van der Waals surface area contributed by atoms with Gasteiger partial charge in [-0.15, -0.1) is 0 Å². The third-order valence-corrected chi connectivity index (χ3v) is 5.74. The molecule has 0 aliphatic carbocycles. The predicted octanol–water partition coefficient (Wildman–Crippen LogP) is 4.62. The van der Waals surface area contributed by atoms with E-state index in [4.69, 9.17) is 16.3 Å². The Labute approximate surface area is 174 Å². The van der Waals surface area contributed by atoms with Crippen LogP contribution in [0.2, 0.25) is 5.02 Å². The van der Waals surface area contributed by atoms with Crippen LogP contribution in [0, 0.1) is 11.6 Å². The molecule has 30 heavy (non-hydrogen) atoms. The van der Waals surface area contributed by atoms with Crippen molar-refractivity contribution in [1.82, 2.24) is 4.57 Å². The Hall–Kier alpha value is -2.50. The van der Waals surface area contributed by atoms with Crippen molar-refractivity contribution in [2.45, 2.75) is 18.1 Å². The number of nitrogens with zero attached hydrogens (tertiary/aromatic N) is 1. The van der Waals surface area contributed by atoms with Crippen LogP contribution in [0.4, 0.5) is 23.2 Å². The van der Waals surface area contributed by atoms with Gasteiger partial charge in [0.05, 0.1) is 17.8 Å². The van der Waals surface area contributed by atoms with Gasteiger partial charge in [-0.3, -0.25) is 4.72 Å². The number of sulfonamides is 1. The molecule has 0 radical (unpaired) electrons. The highest BCUT2D eigenvalue weighted by Crippen LogP contribution is 2.32. The quantitative estimate of drug-likeness (QED) is 0.492. The van der Waals surface area contributed by atoms with E-state index in [2.05, 4.69) is 4.74 Å². The maximum atomic E-state index is 14.2. The molecule has 0 aliphatic heterocycles. The first-order valence-corrected chi connectivity index (χ1v) is 10.2. The Morgan fingerprint density at radius 1 is 1.17 bits per heavy atom. The van der Waals surface area contributed by atoms with E-state index < -0.39 is 39.7 Å². The maximum Gasteiger partial charge on any atom is 0.387 e. The Bertz CT molecular complexity index is 1180. The second kappa shape index (κ2) is 8.70. The lowest BCUT2D eigenvalue weighted by molar-refractivity contribution is -0.0523. The molecule has 3 aromatic rings. The number of fused-ring (bicyclic) bond motifs is 1. The molecule has 0 unspecified atom stereocenters. The molecule has 6 nitrogen and oxygen atoms in total. The van der Waals surface area contributed by atoms with Crippen molar-refractivity contribution in [2.75, 3.05) is 18.4 Å². The Balaban J connectivity index is 2.02. The van der Waals surface area contributed by atoms with E-state index in [9.17, 15) is 26.0 Å². The summed E-state index contributed by atoms with van der Waals surface area (Å²) >= 11 is 6.00. The van der Waals surface area contributed by atoms with Crippen molar-refractivity contribution in [3.8, 4) is 5.75 Å². The van der Waals surface area contributed by atoms with Crippen molar-refractivity contribution in [3.63, 3.8) is 0 Å². The Kier molecular flexibility index (Phi) is 6.44. The highest BCUT2D eigenvalue weighted by Gasteiger charge is 2.24. The van der Waals surface area contributed by atoms with Crippen LogP contribution in [0.5, 0.6) is 5.75 Å². The molecule has 0 atom stereocenters. The summed E-state index contributed by atoms with van der Waals surface area (Å²) < 4.78 is 90.8. The third-order valence-electron chi connectivity index (χ3n) is 4.12. The molecule has 2 aromatic carbocycles. The predicted molar refractivity (Wildman–Crippen MR) is 103 cm³/mol. The van der Waals surface area contributed by atoms with Crippen LogP contribution in [0.3, 0.4) is 0 Å². The topological polar surface area (TPSA) is 69.6 Å². The van der Waals surface area contributed by atoms with Gasteiger partial charge in [0, 0.05) is 42.4 Å². The minimum Gasteiger partial charge on any atom is -0.432 e. The van der Waals surface area contributed by atoms with Crippen LogP contribution in [0.1, 0.15) is 0 Å². The van der Waals surface area contributed by atoms with Crippen LogP contribution in [0.15, 0.2) is 41.4 Å². The lowest BCUT2D eigenvalue weighted by atomic mass is 10.2. The minimum absolute atomic E-state index is 0.210. The van der Waals surface area contributed by atoms with E-state index in [1.165, 1.54) is 25.4 Å². The van der Waals surface area contributed by atoms with E-state index in [0.29, 0.717) is 34.6 Å². The van der Waals surface area contributed by atoms with Gasteiger partial charge in [-0.05, 0) is 18.2 Å². The largest absolute Gasteiger partial charge is 0.432 e. The minimum atomic E-state index is -4.38. The fraction of sp³-hybridized carbons (Fsp3) is 0.222. The summed E-state index contributed by atoms with van der Waals surface area (Å²) in [5.41, 5.74) is -0.270. The lowest BCUT2D eigenvalue weighted by Crippen LogP contribution is -2.14. The van der Waals surface area contributed by atoms with Gasteiger partial charge in [-0.2, -0.15) is 8.78 Å². The van der Waals surface area contributed by atoms with Gasteiger partial charge in [0.25, 0.3) is 10.0 Å². The molecule has 12 heteroatoms. The van der Waals surface area contributed by atoms with Crippen LogP contribution in [-0.2, 0) is 21.3 Å². The number of aromatic nitrogens is 1. The van der Waals surface area contributed by atoms with Gasteiger partial charge >= 0.3 is 6.61 Å². The molecule has 0 spiro atoms. The number of nitrogens with one attached hydrogen (secondary N) is 1. The van der Waals surface area contributed by atoms with Gasteiger partial charge in [0.2, 0.25) is 0 Å². The molecule has 0 amide bonds. The average molecular weight is 467 g/mol. The van der Waals surface area contributed by atoms with Crippen molar-refractivity contribution in [2.24, 2.45) is 0 Å². The van der Waals surface area contributed by atoms with Gasteiger partial charge in [-0.1, -0.05) is 11.6 Å². The number of hydrogen-bond acceptors (Lipinski definition) is 4.